The minimum absolute atomic E-state index is 0.143. The van der Waals surface area contributed by atoms with Gasteiger partial charge in [-0.3, -0.25) is 10.6 Å². The number of anilines is 2. The molecule has 3 aromatic rings. The summed E-state index contributed by atoms with van der Waals surface area (Å²) in [5, 5.41) is 26.3. The topological polar surface area (TPSA) is 169 Å². The van der Waals surface area contributed by atoms with Crippen molar-refractivity contribution in [3.8, 4) is 12.1 Å². The van der Waals surface area contributed by atoms with Gasteiger partial charge in [-0.1, -0.05) is 25.2 Å². The Hall–Kier alpha value is -5.42. The molecule has 2 aliphatic heterocycles. The number of hydrogen-bond acceptors (Lipinski definition) is 10. The number of amides is 2. The molecule has 1 spiro atoms. The zero-order chi connectivity index (χ0) is 39.5. The molecule has 3 aromatic carbocycles. The summed E-state index contributed by atoms with van der Waals surface area (Å²) in [6.07, 6.45) is -1.56. The minimum Gasteiger partial charge on any atom is -0.444 e. The van der Waals surface area contributed by atoms with Crippen molar-refractivity contribution in [3.63, 3.8) is 0 Å². The lowest BCUT2D eigenvalue weighted by atomic mass is 9.76. The van der Waals surface area contributed by atoms with E-state index >= 15 is 13.2 Å². The molecule has 0 atom stereocenters. The first-order chi connectivity index (χ1) is 24.6. The first-order valence-electron chi connectivity index (χ1n) is 16.3. The standard InChI is InChI=1S/C37H37F3N4O8Si/c1-34(2,3)51-32(46)43-19-10-12-21-23(14-19)53(8,9)24-15-20(44-33(47)52-35(4,5)6)11-13-22(24)37(21)26-25(31(45)50-37)28(38)30(40)27(29(26)39)36(16-41,17-42)49-18-48-7/h10-15H,18H2,1-9H3,(H,43,46)(H,44,47). The van der Waals surface area contributed by atoms with Gasteiger partial charge in [0.15, 0.2) is 17.2 Å². The molecule has 0 bridgehead atoms. The Balaban J connectivity index is 1.86. The molecule has 16 heteroatoms. The van der Waals surface area contributed by atoms with E-state index in [0.29, 0.717) is 10.4 Å². The van der Waals surface area contributed by atoms with Crippen molar-refractivity contribution in [1.29, 1.82) is 10.5 Å². The molecule has 0 radical (unpaired) electrons. The summed E-state index contributed by atoms with van der Waals surface area (Å²) in [5.41, 5.74) is -9.60. The van der Waals surface area contributed by atoms with Gasteiger partial charge >= 0.3 is 18.2 Å². The third-order valence-corrected chi connectivity index (χ3v) is 12.1. The van der Waals surface area contributed by atoms with Crippen molar-refractivity contribution in [1.82, 2.24) is 0 Å². The number of nitriles is 2. The predicted molar refractivity (Wildman–Crippen MR) is 187 cm³/mol. The summed E-state index contributed by atoms with van der Waals surface area (Å²) in [6, 6.07) is 11.8. The average molecular weight is 751 g/mol. The van der Waals surface area contributed by atoms with E-state index in [9.17, 15) is 24.9 Å². The Kier molecular flexibility index (Phi) is 9.67. The van der Waals surface area contributed by atoms with Crippen molar-refractivity contribution in [3.05, 3.63) is 81.7 Å². The second-order valence-corrected chi connectivity index (χ2v) is 19.3. The van der Waals surface area contributed by atoms with E-state index in [-0.39, 0.29) is 22.5 Å². The molecule has 2 heterocycles. The molecule has 0 saturated heterocycles. The van der Waals surface area contributed by atoms with E-state index in [0.717, 1.165) is 7.11 Å². The summed E-state index contributed by atoms with van der Waals surface area (Å²) in [5.74, 6) is -6.95. The molecule has 12 nitrogen and oxygen atoms in total. The van der Waals surface area contributed by atoms with Gasteiger partial charge in [0.2, 0.25) is 0 Å². The molecule has 2 aliphatic rings. The van der Waals surface area contributed by atoms with Gasteiger partial charge in [0, 0.05) is 29.6 Å². The summed E-state index contributed by atoms with van der Waals surface area (Å²) < 4.78 is 76.2. The zero-order valence-electron chi connectivity index (χ0n) is 30.5. The van der Waals surface area contributed by atoms with Crippen LogP contribution in [0.4, 0.5) is 34.1 Å². The van der Waals surface area contributed by atoms with Crippen LogP contribution in [0.3, 0.4) is 0 Å². The average Bonchev–Trinajstić information content (AvgIpc) is 3.36. The number of carbonyl (C=O) groups excluding carboxylic acids is 3. The lowest BCUT2D eigenvalue weighted by Gasteiger charge is -2.44. The van der Waals surface area contributed by atoms with Gasteiger partial charge < -0.3 is 23.7 Å². The monoisotopic (exact) mass is 750 g/mol. The number of nitrogens with zero attached hydrogens (tertiary/aromatic N) is 2. The van der Waals surface area contributed by atoms with Crippen LogP contribution in [0.5, 0.6) is 0 Å². The molecule has 0 unspecified atom stereocenters. The Bertz CT molecular complexity index is 2050. The van der Waals surface area contributed by atoms with E-state index in [1.54, 1.807) is 53.7 Å². The van der Waals surface area contributed by atoms with Gasteiger partial charge in [-0.25, -0.2) is 27.6 Å². The third kappa shape index (κ3) is 6.58. The van der Waals surface area contributed by atoms with Gasteiger partial charge in [-0.2, -0.15) is 10.5 Å². The second kappa shape index (κ2) is 13.2. The molecule has 2 amide bonds. The maximum absolute atomic E-state index is 17.3. The van der Waals surface area contributed by atoms with Crippen molar-refractivity contribution < 1.29 is 51.2 Å². The Labute approximate surface area is 304 Å². The normalized spacial score (nSPS) is 15.2. The Morgan fingerprint density at radius 3 is 1.72 bits per heavy atom. The van der Waals surface area contributed by atoms with Gasteiger partial charge in [-0.05, 0) is 76.2 Å². The highest BCUT2D eigenvalue weighted by Gasteiger charge is 2.60. The van der Waals surface area contributed by atoms with Crippen molar-refractivity contribution in [2.45, 2.75) is 77.0 Å². The fourth-order valence-electron chi connectivity index (χ4n) is 6.56. The number of nitrogens with one attached hydrogen (secondary N) is 2. The predicted octanol–water partition coefficient (Wildman–Crippen LogP) is 6.26. The minimum atomic E-state index is -3.07. The number of benzene rings is 3. The second-order valence-electron chi connectivity index (χ2n) is 15.0. The summed E-state index contributed by atoms with van der Waals surface area (Å²) in [4.78, 5) is 39.3. The van der Waals surface area contributed by atoms with Gasteiger partial charge in [-0.15, -0.1) is 0 Å². The van der Waals surface area contributed by atoms with Gasteiger partial charge in [0.05, 0.1) is 11.1 Å². The van der Waals surface area contributed by atoms with Crippen LogP contribution in [0.15, 0.2) is 36.4 Å². The lowest BCUT2D eigenvalue weighted by Crippen LogP contribution is -2.63. The quantitative estimate of drug-likeness (QED) is 0.0965. The van der Waals surface area contributed by atoms with Crippen molar-refractivity contribution in [2.24, 2.45) is 0 Å². The van der Waals surface area contributed by atoms with Gasteiger partial charge in [0.1, 0.15) is 49.6 Å². The van der Waals surface area contributed by atoms with E-state index < -0.39 is 89.6 Å². The Morgan fingerprint density at radius 2 is 1.30 bits per heavy atom. The first-order valence-corrected chi connectivity index (χ1v) is 19.3. The summed E-state index contributed by atoms with van der Waals surface area (Å²) in [7, 11) is -1.93. The summed E-state index contributed by atoms with van der Waals surface area (Å²) >= 11 is 0. The molecule has 0 aromatic heterocycles. The summed E-state index contributed by atoms with van der Waals surface area (Å²) in [6.45, 7) is 13.1. The lowest BCUT2D eigenvalue weighted by molar-refractivity contribution is -0.0862. The zero-order valence-corrected chi connectivity index (χ0v) is 31.5. The van der Waals surface area contributed by atoms with Crippen LogP contribution in [0.1, 0.15) is 74.2 Å². The molecule has 0 saturated carbocycles. The van der Waals surface area contributed by atoms with Crippen LogP contribution in [-0.2, 0) is 34.9 Å². The smallest absolute Gasteiger partial charge is 0.412 e. The maximum atomic E-state index is 17.3. The number of hydrogen-bond donors (Lipinski definition) is 2. The molecule has 53 heavy (non-hydrogen) atoms. The van der Waals surface area contributed by atoms with Crippen LogP contribution >= 0.6 is 0 Å². The largest absolute Gasteiger partial charge is 0.444 e. The molecule has 278 valence electrons. The number of carbonyl (C=O) groups is 3. The van der Waals surface area contributed by atoms with Crippen LogP contribution in [0.2, 0.25) is 13.1 Å². The first kappa shape index (κ1) is 38.8. The van der Waals surface area contributed by atoms with E-state index in [1.807, 2.05) is 13.1 Å². The highest BCUT2D eigenvalue weighted by Crippen LogP contribution is 2.52. The van der Waals surface area contributed by atoms with E-state index in [4.69, 9.17) is 23.7 Å². The number of esters is 1. The Morgan fingerprint density at radius 1 is 0.830 bits per heavy atom. The number of fused-ring (bicyclic) bond motifs is 6. The van der Waals surface area contributed by atoms with Crippen molar-refractivity contribution >= 4 is 48.0 Å². The number of ether oxygens (including phenoxy) is 5. The maximum Gasteiger partial charge on any atom is 0.412 e. The van der Waals surface area contributed by atoms with Crippen LogP contribution in [-0.4, -0.2) is 51.3 Å². The fraction of sp³-hybridized carbons (Fsp3) is 0.378. The van der Waals surface area contributed by atoms with E-state index in [1.165, 1.54) is 36.4 Å². The van der Waals surface area contributed by atoms with Crippen LogP contribution in [0.25, 0.3) is 0 Å². The molecular formula is C37H37F3N4O8Si. The number of methoxy groups -OCH3 is 1. The molecule has 5 rings (SSSR count). The van der Waals surface area contributed by atoms with Gasteiger partial charge in [0.25, 0.3) is 5.60 Å². The SMILES string of the molecule is COCOC(C#N)(C#N)c1c(F)c(F)c2c(c1F)C1(OC2=O)c2ccc(NC(=O)OC(C)(C)C)cc2[Si](C)(C)c2cc(NC(=O)OC(C)(C)C)ccc21. The van der Waals surface area contributed by atoms with Crippen molar-refractivity contribution in [2.75, 3.05) is 24.5 Å². The molecular weight excluding hydrogens is 714 g/mol. The highest BCUT2D eigenvalue weighted by molar-refractivity contribution is 7.01. The fourth-order valence-corrected chi connectivity index (χ4v) is 9.75. The highest BCUT2D eigenvalue weighted by atomic mass is 28.3. The molecule has 2 N–H and O–H groups in total. The van der Waals surface area contributed by atoms with Crippen LogP contribution in [0, 0.1) is 40.1 Å². The number of halogens is 3. The van der Waals surface area contributed by atoms with Crippen LogP contribution < -0.4 is 21.0 Å². The molecule has 0 aliphatic carbocycles. The van der Waals surface area contributed by atoms with E-state index in [2.05, 4.69) is 10.6 Å². The molecule has 0 fully saturated rings. The number of rotatable bonds is 6. The third-order valence-electron chi connectivity index (χ3n) is 8.62.